The number of imidazole rings is 1. The Kier molecular flexibility index (Phi) is 3.62. The van der Waals surface area contributed by atoms with Gasteiger partial charge in [0.15, 0.2) is 0 Å². The third-order valence-electron chi connectivity index (χ3n) is 2.87. The molecule has 0 amide bonds. The number of hydrogen-bond acceptors (Lipinski definition) is 4. The topological polar surface area (TPSA) is 94.8 Å². The molecule has 0 saturated carbocycles. The van der Waals surface area contributed by atoms with Crippen LogP contribution in [-0.2, 0) is 16.6 Å². The van der Waals surface area contributed by atoms with Crippen LogP contribution in [0.4, 0.5) is 0 Å². The number of rotatable bonds is 4. The van der Waals surface area contributed by atoms with E-state index < -0.39 is 15.7 Å². The molecular formula is C12H10ClN3O3S2. The first-order valence-corrected chi connectivity index (χ1v) is 8.63. The minimum Gasteiger partial charge on any atom is -0.306 e. The third kappa shape index (κ3) is 2.88. The second-order valence-electron chi connectivity index (χ2n) is 4.31. The number of sulfonamides is 1. The number of hydrogen-bond donors (Lipinski definition) is 3. The van der Waals surface area contributed by atoms with Crippen LogP contribution in [0.1, 0.15) is 4.88 Å². The first-order chi connectivity index (χ1) is 9.95. The minimum atomic E-state index is -3.76. The van der Waals surface area contributed by atoms with Crippen LogP contribution in [0.25, 0.3) is 11.0 Å². The molecule has 21 heavy (non-hydrogen) atoms. The number of aromatic nitrogens is 2. The molecule has 0 bridgehead atoms. The Balaban J connectivity index is 1.97. The van der Waals surface area contributed by atoms with Gasteiger partial charge >= 0.3 is 5.69 Å². The fourth-order valence-electron chi connectivity index (χ4n) is 1.90. The zero-order chi connectivity index (χ0) is 15.0. The van der Waals surface area contributed by atoms with E-state index in [1.165, 1.54) is 23.5 Å². The van der Waals surface area contributed by atoms with E-state index >= 15 is 0 Å². The Morgan fingerprint density at radius 1 is 1.24 bits per heavy atom. The molecule has 6 nitrogen and oxygen atoms in total. The minimum absolute atomic E-state index is 0.0522. The Morgan fingerprint density at radius 2 is 1.95 bits per heavy atom. The van der Waals surface area contributed by atoms with Crippen LogP contribution in [0.3, 0.4) is 0 Å². The molecule has 3 N–H and O–H groups in total. The Bertz CT molecular complexity index is 942. The van der Waals surface area contributed by atoms with Gasteiger partial charge in [-0.2, -0.15) is 0 Å². The highest BCUT2D eigenvalue weighted by molar-refractivity contribution is 7.89. The van der Waals surface area contributed by atoms with Crippen molar-refractivity contribution < 1.29 is 8.42 Å². The molecule has 0 aliphatic heterocycles. The maximum atomic E-state index is 12.3. The van der Waals surface area contributed by atoms with Gasteiger partial charge in [-0.3, -0.25) is 0 Å². The summed E-state index contributed by atoms with van der Waals surface area (Å²) in [5, 5.41) is 1.92. The van der Waals surface area contributed by atoms with Gasteiger partial charge in [-0.05, 0) is 23.6 Å². The average Bonchev–Trinajstić information content (AvgIpc) is 3.03. The fraction of sp³-hybridized carbons (Fsp3) is 0.0833. The first-order valence-electron chi connectivity index (χ1n) is 5.89. The lowest BCUT2D eigenvalue weighted by atomic mass is 10.3. The molecule has 0 radical (unpaired) electrons. The molecular weight excluding hydrogens is 334 g/mol. The molecule has 0 fully saturated rings. The van der Waals surface area contributed by atoms with E-state index in [9.17, 15) is 13.2 Å². The quantitative estimate of drug-likeness (QED) is 0.676. The molecule has 0 saturated heterocycles. The lowest BCUT2D eigenvalue weighted by molar-refractivity contribution is 0.582. The molecule has 0 unspecified atom stereocenters. The summed E-state index contributed by atoms with van der Waals surface area (Å²) in [5.41, 5.74) is 0.435. The second kappa shape index (κ2) is 5.30. The zero-order valence-electron chi connectivity index (χ0n) is 10.5. The summed E-state index contributed by atoms with van der Waals surface area (Å²) in [6, 6.07) is 6.43. The molecule has 2 aromatic heterocycles. The molecule has 0 atom stereocenters. The van der Waals surface area contributed by atoms with Gasteiger partial charge in [-0.25, -0.2) is 17.9 Å². The van der Waals surface area contributed by atoms with Gasteiger partial charge in [-0.15, -0.1) is 11.3 Å². The second-order valence-corrected chi connectivity index (χ2v) is 7.49. The van der Waals surface area contributed by atoms with Crippen molar-refractivity contribution in [2.24, 2.45) is 0 Å². The van der Waals surface area contributed by atoms with Gasteiger partial charge in [0.2, 0.25) is 10.0 Å². The highest BCUT2D eigenvalue weighted by Gasteiger charge is 2.19. The van der Waals surface area contributed by atoms with Gasteiger partial charge in [0.05, 0.1) is 16.1 Å². The zero-order valence-corrected chi connectivity index (χ0v) is 12.9. The smallest absolute Gasteiger partial charge is 0.306 e. The number of aromatic amines is 2. The summed E-state index contributed by atoms with van der Waals surface area (Å²) < 4.78 is 27.1. The van der Waals surface area contributed by atoms with Crippen molar-refractivity contribution >= 4 is 44.0 Å². The van der Waals surface area contributed by atoms with Crippen molar-refractivity contribution in [3.05, 3.63) is 50.0 Å². The standard InChI is InChI=1S/C12H10ClN3O3S2/c13-8-4-9-10(16-12(17)15-9)5-11(8)21(18,19)14-6-7-2-1-3-20-7/h1-5,14H,6H2,(H2,15,16,17). The molecule has 3 aromatic rings. The normalized spacial score (nSPS) is 12.0. The predicted molar refractivity (Wildman–Crippen MR) is 82.3 cm³/mol. The van der Waals surface area contributed by atoms with Crippen LogP contribution in [0.5, 0.6) is 0 Å². The van der Waals surface area contributed by atoms with E-state index in [0.717, 1.165) is 4.88 Å². The van der Waals surface area contributed by atoms with Gasteiger partial charge in [-0.1, -0.05) is 17.7 Å². The molecule has 0 spiro atoms. The van der Waals surface area contributed by atoms with Crippen LogP contribution >= 0.6 is 22.9 Å². The SMILES string of the molecule is O=c1[nH]c2cc(Cl)c(S(=O)(=O)NCc3cccs3)cc2[nH]1. The van der Waals surface area contributed by atoms with Crippen molar-refractivity contribution in [3.63, 3.8) is 0 Å². The van der Waals surface area contributed by atoms with Gasteiger partial charge in [0.1, 0.15) is 4.90 Å². The summed E-state index contributed by atoms with van der Waals surface area (Å²) in [6.07, 6.45) is 0. The number of benzene rings is 1. The number of thiophene rings is 1. The summed E-state index contributed by atoms with van der Waals surface area (Å²) in [4.78, 5) is 17.1. The van der Waals surface area contributed by atoms with E-state index in [-0.39, 0.29) is 16.5 Å². The van der Waals surface area contributed by atoms with Crippen molar-refractivity contribution in [1.82, 2.24) is 14.7 Å². The van der Waals surface area contributed by atoms with Crippen molar-refractivity contribution in [2.75, 3.05) is 0 Å². The molecule has 9 heteroatoms. The molecule has 0 aliphatic rings. The predicted octanol–water partition coefficient (Wildman–Crippen LogP) is 2.05. The van der Waals surface area contributed by atoms with Crippen molar-refractivity contribution in [2.45, 2.75) is 11.4 Å². The Hall–Kier alpha value is -1.61. The number of nitrogens with one attached hydrogen (secondary N) is 3. The molecule has 2 heterocycles. The van der Waals surface area contributed by atoms with Crippen LogP contribution in [-0.4, -0.2) is 18.4 Å². The van der Waals surface area contributed by atoms with E-state index in [4.69, 9.17) is 11.6 Å². The van der Waals surface area contributed by atoms with E-state index in [0.29, 0.717) is 11.0 Å². The molecule has 0 aliphatic carbocycles. The van der Waals surface area contributed by atoms with Crippen LogP contribution in [0.15, 0.2) is 39.3 Å². The first kappa shape index (κ1) is 14.3. The molecule has 1 aromatic carbocycles. The molecule has 3 rings (SSSR count). The lowest BCUT2D eigenvalue weighted by Gasteiger charge is -2.07. The summed E-state index contributed by atoms with van der Waals surface area (Å²) in [5.74, 6) is 0. The highest BCUT2D eigenvalue weighted by atomic mass is 35.5. The average molecular weight is 344 g/mol. The van der Waals surface area contributed by atoms with E-state index in [1.54, 1.807) is 0 Å². The summed E-state index contributed by atoms with van der Waals surface area (Å²) in [7, 11) is -3.76. The van der Waals surface area contributed by atoms with Gasteiger partial charge < -0.3 is 9.97 Å². The maximum Gasteiger partial charge on any atom is 0.323 e. The van der Waals surface area contributed by atoms with E-state index in [1.807, 2.05) is 17.5 Å². The van der Waals surface area contributed by atoms with E-state index in [2.05, 4.69) is 14.7 Å². The lowest BCUT2D eigenvalue weighted by Crippen LogP contribution is -2.23. The third-order valence-corrected chi connectivity index (χ3v) is 5.62. The van der Waals surface area contributed by atoms with Crippen LogP contribution in [0, 0.1) is 0 Å². The molecule has 110 valence electrons. The number of halogens is 1. The van der Waals surface area contributed by atoms with Gasteiger partial charge in [0.25, 0.3) is 0 Å². The van der Waals surface area contributed by atoms with Gasteiger partial charge in [0, 0.05) is 11.4 Å². The Labute approximate surface area is 128 Å². The maximum absolute atomic E-state index is 12.3. The highest BCUT2D eigenvalue weighted by Crippen LogP contribution is 2.25. The van der Waals surface area contributed by atoms with Crippen molar-refractivity contribution in [1.29, 1.82) is 0 Å². The largest absolute Gasteiger partial charge is 0.323 e. The van der Waals surface area contributed by atoms with Crippen LogP contribution < -0.4 is 10.4 Å². The fourth-order valence-corrected chi connectivity index (χ4v) is 4.19. The Morgan fingerprint density at radius 3 is 2.62 bits per heavy atom. The number of fused-ring (bicyclic) bond motifs is 1. The summed E-state index contributed by atoms with van der Waals surface area (Å²) >= 11 is 7.46. The van der Waals surface area contributed by atoms with Crippen LogP contribution in [0.2, 0.25) is 5.02 Å². The van der Waals surface area contributed by atoms with Crippen molar-refractivity contribution in [3.8, 4) is 0 Å². The monoisotopic (exact) mass is 343 g/mol. The number of H-pyrrole nitrogens is 2. The summed E-state index contributed by atoms with van der Waals surface area (Å²) in [6.45, 7) is 0.192.